The Hall–Kier alpha value is -3.38. The normalized spacial score (nSPS) is 17.7. The molecule has 0 bridgehead atoms. The van der Waals surface area contributed by atoms with Crippen molar-refractivity contribution in [3.05, 3.63) is 65.9 Å². The topological polar surface area (TPSA) is 74.5 Å². The fourth-order valence-corrected chi connectivity index (χ4v) is 5.16. The maximum absolute atomic E-state index is 12.1. The smallest absolute Gasteiger partial charge is 0.251 e. The standard InChI is InChI=1S/C28H33N5O/c1-3-32(2)18-24-5-4-14-33(24)23-9-6-19(7-10-23)22-16-26(27(29)31-17-22)20-8-11-25-21(15-20)12-13-30-28(25)34/h6-11,15-17,24H,3-5,12-14,18H2,1-2H3,(H2,29,31)(H,30,34). The van der Waals surface area contributed by atoms with Gasteiger partial charge in [-0.2, -0.15) is 0 Å². The number of nitrogens with two attached hydrogens (primary N) is 1. The Bertz CT molecular complexity index is 1190. The number of hydrogen-bond donors (Lipinski definition) is 2. The SMILES string of the molecule is CCN(C)CC1CCCN1c1ccc(-c2cnc(N)c(-c3ccc4c(c3)CCNC4=O)c2)cc1. The molecule has 6 nitrogen and oxygen atoms in total. The number of carbonyl (C=O) groups excluding carboxylic acids is 1. The van der Waals surface area contributed by atoms with E-state index in [1.165, 1.54) is 18.5 Å². The molecular formula is C28H33N5O. The number of nitrogens with one attached hydrogen (secondary N) is 1. The fourth-order valence-electron chi connectivity index (χ4n) is 5.16. The Morgan fingerprint density at radius 3 is 2.68 bits per heavy atom. The van der Waals surface area contributed by atoms with Crippen LogP contribution in [-0.4, -0.2) is 55.1 Å². The summed E-state index contributed by atoms with van der Waals surface area (Å²) in [7, 11) is 2.20. The first kappa shape index (κ1) is 22.4. The van der Waals surface area contributed by atoms with Gasteiger partial charge in [-0.05, 0) is 73.8 Å². The van der Waals surface area contributed by atoms with E-state index in [-0.39, 0.29) is 5.91 Å². The number of benzene rings is 2. The van der Waals surface area contributed by atoms with E-state index in [1.807, 2.05) is 18.3 Å². The highest BCUT2D eigenvalue weighted by molar-refractivity contribution is 5.97. The third-order valence-corrected chi connectivity index (χ3v) is 7.23. The van der Waals surface area contributed by atoms with Gasteiger partial charge in [0.25, 0.3) is 5.91 Å². The van der Waals surface area contributed by atoms with Gasteiger partial charge in [0, 0.05) is 54.3 Å². The predicted octanol–water partition coefficient (Wildman–Crippen LogP) is 4.20. The molecule has 6 heteroatoms. The molecule has 2 aliphatic rings. The molecular weight excluding hydrogens is 422 g/mol. The van der Waals surface area contributed by atoms with E-state index in [2.05, 4.69) is 70.5 Å². The van der Waals surface area contributed by atoms with Crippen molar-refractivity contribution in [3.63, 3.8) is 0 Å². The molecule has 1 amide bonds. The van der Waals surface area contributed by atoms with E-state index < -0.39 is 0 Å². The molecule has 0 radical (unpaired) electrons. The summed E-state index contributed by atoms with van der Waals surface area (Å²) in [5.41, 5.74) is 13.4. The maximum Gasteiger partial charge on any atom is 0.251 e. The Kier molecular flexibility index (Phi) is 6.24. The fraction of sp³-hybridized carbons (Fsp3) is 0.357. The van der Waals surface area contributed by atoms with Crippen LogP contribution in [-0.2, 0) is 6.42 Å². The first-order chi connectivity index (χ1) is 16.5. The lowest BCUT2D eigenvalue weighted by Gasteiger charge is -2.30. The number of likely N-dealkylation sites (N-methyl/N-ethyl adjacent to an activating group) is 1. The first-order valence-electron chi connectivity index (χ1n) is 12.3. The summed E-state index contributed by atoms with van der Waals surface area (Å²) in [6, 6.07) is 17.4. The second kappa shape index (κ2) is 9.47. The van der Waals surface area contributed by atoms with Gasteiger partial charge in [-0.15, -0.1) is 0 Å². The Morgan fingerprint density at radius 1 is 1.09 bits per heavy atom. The zero-order chi connectivity index (χ0) is 23.7. The Balaban J connectivity index is 1.40. The number of hydrogen-bond acceptors (Lipinski definition) is 5. The number of anilines is 2. The van der Waals surface area contributed by atoms with Crippen molar-refractivity contribution in [1.82, 2.24) is 15.2 Å². The van der Waals surface area contributed by atoms with E-state index in [0.717, 1.165) is 59.4 Å². The van der Waals surface area contributed by atoms with Gasteiger partial charge in [-0.1, -0.05) is 31.2 Å². The largest absolute Gasteiger partial charge is 0.383 e. The van der Waals surface area contributed by atoms with Gasteiger partial charge in [0.15, 0.2) is 0 Å². The highest BCUT2D eigenvalue weighted by atomic mass is 16.1. The Labute approximate surface area is 201 Å². The third kappa shape index (κ3) is 4.38. The molecule has 3 heterocycles. The number of nitrogens with zero attached hydrogens (tertiary/aromatic N) is 3. The number of nitrogen functional groups attached to an aromatic ring is 1. The summed E-state index contributed by atoms with van der Waals surface area (Å²) in [6.45, 7) is 6.18. The molecule has 0 spiro atoms. The molecule has 0 aliphatic carbocycles. The minimum Gasteiger partial charge on any atom is -0.383 e. The number of carbonyl (C=O) groups is 1. The Morgan fingerprint density at radius 2 is 1.88 bits per heavy atom. The van der Waals surface area contributed by atoms with Crippen LogP contribution >= 0.6 is 0 Å². The van der Waals surface area contributed by atoms with E-state index in [9.17, 15) is 4.79 Å². The van der Waals surface area contributed by atoms with Crippen LogP contribution in [0.1, 0.15) is 35.7 Å². The van der Waals surface area contributed by atoms with Crippen molar-refractivity contribution in [2.45, 2.75) is 32.2 Å². The molecule has 34 heavy (non-hydrogen) atoms. The van der Waals surface area contributed by atoms with Crippen LogP contribution in [0.3, 0.4) is 0 Å². The highest BCUT2D eigenvalue weighted by Gasteiger charge is 2.25. The molecule has 2 aromatic carbocycles. The quantitative estimate of drug-likeness (QED) is 0.583. The van der Waals surface area contributed by atoms with Crippen molar-refractivity contribution < 1.29 is 4.79 Å². The van der Waals surface area contributed by atoms with Crippen molar-refractivity contribution in [2.24, 2.45) is 0 Å². The number of pyridine rings is 1. The minimum atomic E-state index is -0.00526. The van der Waals surface area contributed by atoms with Gasteiger partial charge in [-0.3, -0.25) is 4.79 Å². The lowest BCUT2D eigenvalue weighted by atomic mass is 9.94. The molecule has 3 N–H and O–H groups in total. The molecule has 0 saturated carbocycles. The minimum absolute atomic E-state index is 0.00526. The lowest BCUT2D eigenvalue weighted by molar-refractivity contribution is 0.0946. The van der Waals surface area contributed by atoms with Crippen LogP contribution < -0.4 is 16.0 Å². The molecule has 1 unspecified atom stereocenters. The molecule has 1 saturated heterocycles. The summed E-state index contributed by atoms with van der Waals surface area (Å²) in [4.78, 5) is 21.5. The molecule has 3 aromatic rings. The van der Waals surface area contributed by atoms with Crippen molar-refractivity contribution >= 4 is 17.4 Å². The van der Waals surface area contributed by atoms with Crippen molar-refractivity contribution in [1.29, 1.82) is 0 Å². The molecule has 176 valence electrons. The average Bonchev–Trinajstić information content (AvgIpc) is 3.32. The van der Waals surface area contributed by atoms with E-state index in [1.54, 1.807) is 0 Å². The average molecular weight is 456 g/mol. The highest BCUT2D eigenvalue weighted by Crippen LogP contribution is 2.33. The van der Waals surface area contributed by atoms with Gasteiger partial charge in [0.2, 0.25) is 0 Å². The van der Waals surface area contributed by atoms with Gasteiger partial charge >= 0.3 is 0 Å². The molecule has 2 aliphatic heterocycles. The van der Waals surface area contributed by atoms with Gasteiger partial charge in [-0.25, -0.2) is 4.98 Å². The van der Waals surface area contributed by atoms with Crippen molar-refractivity contribution in [3.8, 4) is 22.3 Å². The van der Waals surface area contributed by atoms with Crippen molar-refractivity contribution in [2.75, 3.05) is 43.9 Å². The van der Waals surface area contributed by atoms with E-state index >= 15 is 0 Å². The van der Waals surface area contributed by atoms with E-state index in [0.29, 0.717) is 18.4 Å². The summed E-state index contributed by atoms with van der Waals surface area (Å²) < 4.78 is 0. The molecule has 1 atom stereocenters. The lowest BCUT2D eigenvalue weighted by Crippen LogP contribution is -2.38. The zero-order valence-electron chi connectivity index (χ0n) is 20.1. The van der Waals surface area contributed by atoms with Crippen LogP contribution in [0.15, 0.2) is 54.7 Å². The number of amides is 1. The second-order valence-electron chi connectivity index (χ2n) is 9.43. The van der Waals surface area contributed by atoms with Crippen LogP contribution in [0, 0.1) is 0 Å². The predicted molar refractivity (Wildman–Crippen MR) is 139 cm³/mol. The van der Waals surface area contributed by atoms with E-state index in [4.69, 9.17) is 5.73 Å². The van der Waals surface area contributed by atoms with Gasteiger partial charge < -0.3 is 20.9 Å². The molecule has 1 fully saturated rings. The maximum atomic E-state index is 12.1. The monoisotopic (exact) mass is 455 g/mol. The number of aromatic nitrogens is 1. The first-order valence-corrected chi connectivity index (χ1v) is 12.3. The summed E-state index contributed by atoms with van der Waals surface area (Å²) in [5.74, 6) is 0.495. The summed E-state index contributed by atoms with van der Waals surface area (Å²) in [5, 5.41) is 2.90. The molecule has 5 rings (SSSR count). The second-order valence-corrected chi connectivity index (χ2v) is 9.43. The summed E-state index contributed by atoms with van der Waals surface area (Å²) >= 11 is 0. The number of rotatable bonds is 6. The zero-order valence-corrected chi connectivity index (χ0v) is 20.1. The summed E-state index contributed by atoms with van der Waals surface area (Å²) in [6.07, 6.45) is 5.17. The van der Waals surface area contributed by atoms with Crippen LogP contribution in [0.4, 0.5) is 11.5 Å². The molecule has 1 aromatic heterocycles. The third-order valence-electron chi connectivity index (χ3n) is 7.23. The van der Waals surface area contributed by atoms with Crippen LogP contribution in [0.5, 0.6) is 0 Å². The van der Waals surface area contributed by atoms with Crippen LogP contribution in [0.25, 0.3) is 22.3 Å². The number of fused-ring (bicyclic) bond motifs is 1. The van der Waals surface area contributed by atoms with Crippen LogP contribution in [0.2, 0.25) is 0 Å². The van der Waals surface area contributed by atoms with Gasteiger partial charge in [0.05, 0.1) is 0 Å². The van der Waals surface area contributed by atoms with Gasteiger partial charge in [0.1, 0.15) is 5.82 Å².